The van der Waals surface area contributed by atoms with Crippen LogP contribution in [-0.2, 0) is 43.1 Å². The molecule has 0 aliphatic rings. The third-order valence-electron chi connectivity index (χ3n) is 7.01. The Morgan fingerprint density at radius 1 is 0.566 bits per heavy atom. The van der Waals surface area contributed by atoms with E-state index in [9.17, 15) is 9.59 Å². The molecule has 0 N–H and O–H groups in total. The van der Waals surface area contributed by atoms with Crippen LogP contribution in [-0.4, -0.2) is 66.5 Å². The summed E-state index contributed by atoms with van der Waals surface area (Å²) in [5, 5.41) is 0. The second-order valence-electron chi connectivity index (χ2n) is 11.1. The Hall–Kier alpha value is 0.405. The first kappa shape index (κ1) is 51.4. The molecule has 3 aromatic carbocycles. The number of hydrogen-bond donors (Lipinski definition) is 0. The number of ether oxygens (including phenoxy) is 6. The molecular formula is C38H48BI6O8. The van der Waals surface area contributed by atoms with Crippen molar-refractivity contribution in [1.82, 2.24) is 0 Å². The van der Waals surface area contributed by atoms with E-state index in [2.05, 4.69) is 169 Å². The lowest BCUT2D eigenvalue weighted by atomic mass is 9.79. The number of methoxy groups -OCH3 is 2. The summed E-state index contributed by atoms with van der Waals surface area (Å²) in [6, 6.07) is 12.4. The highest BCUT2D eigenvalue weighted by atomic mass is 127. The van der Waals surface area contributed by atoms with E-state index >= 15 is 0 Å². The van der Waals surface area contributed by atoms with Crippen LogP contribution in [0.2, 0.25) is 13.1 Å². The van der Waals surface area contributed by atoms with Gasteiger partial charge in [-0.25, -0.2) is 0 Å². The fourth-order valence-corrected chi connectivity index (χ4v) is 11.1. The first-order valence-corrected chi connectivity index (χ1v) is 23.6. The van der Waals surface area contributed by atoms with E-state index in [-0.39, 0.29) is 25.2 Å². The molecule has 0 spiro atoms. The lowest BCUT2D eigenvalue weighted by Gasteiger charge is -2.11. The normalized spacial score (nSPS) is 10.3. The van der Waals surface area contributed by atoms with Crippen LogP contribution in [0.3, 0.4) is 0 Å². The summed E-state index contributed by atoms with van der Waals surface area (Å²) in [5.74, 6) is 2.23. The van der Waals surface area contributed by atoms with Gasteiger partial charge in [0, 0.05) is 26.4 Å². The molecule has 0 aliphatic heterocycles. The Kier molecular flexibility index (Phi) is 29.6. The maximum Gasteiger partial charge on any atom is 0.306 e. The highest BCUT2D eigenvalue weighted by molar-refractivity contribution is 14.1. The SMILES string of the molecule is CCOc1c(I)cc(CCC(=O)OCCCOC(=O)CCc2cc(I)c(OC)c(I)c2)cc1I.CCOc1c(I)cc(CCOC)cc1I.C[B]CC. The van der Waals surface area contributed by atoms with Gasteiger partial charge in [0.1, 0.15) is 24.5 Å². The first-order valence-electron chi connectivity index (χ1n) is 17.2. The number of benzene rings is 3. The molecule has 0 fully saturated rings. The van der Waals surface area contributed by atoms with Crippen LogP contribution in [0.1, 0.15) is 56.7 Å². The molecule has 0 aromatic heterocycles. The molecule has 53 heavy (non-hydrogen) atoms. The van der Waals surface area contributed by atoms with Crippen LogP contribution in [0.5, 0.6) is 17.2 Å². The van der Waals surface area contributed by atoms with Gasteiger partial charge in [0.25, 0.3) is 0 Å². The molecule has 0 saturated heterocycles. The summed E-state index contributed by atoms with van der Waals surface area (Å²) in [5.41, 5.74) is 3.44. The maximum absolute atomic E-state index is 12.0. The molecule has 0 unspecified atom stereocenters. The van der Waals surface area contributed by atoms with E-state index in [0.717, 1.165) is 55.7 Å². The van der Waals surface area contributed by atoms with Crippen molar-refractivity contribution in [1.29, 1.82) is 0 Å². The van der Waals surface area contributed by atoms with Gasteiger partial charge in [0.05, 0.1) is 61.6 Å². The number of carbonyl (C=O) groups is 2. The van der Waals surface area contributed by atoms with Gasteiger partial charge in [0.2, 0.25) is 0 Å². The fourth-order valence-electron chi connectivity index (χ4n) is 4.32. The Morgan fingerprint density at radius 2 is 0.906 bits per heavy atom. The number of hydrogen-bond acceptors (Lipinski definition) is 8. The van der Waals surface area contributed by atoms with Gasteiger partial charge in [0.15, 0.2) is 0 Å². The first-order chi connectivity index (χ1) is 25.3. The van der Waals surface area contributed by atoms with E-state index in [4.69, 9.17) is 28.4 Å². The average Bonchev–Trinajstić information content (AvgIpc) is 3.12. The van der Waals surface area contributed by atoms with Gasteiger partial charge in [-0.1, -0.05) is 20.1 Å². The van der Waals surface area contributed by atoms with Crippen molar-refractivity contribution in [3.63, 3.8) is 0 Å². The number of carbonyl (C=O) groups excluding carboxylic acids is 2. The molecule has 0 saturated carbocycles. The Morgan fingerprint density at radius 3 is 1.21 bits per heavy atom. The Labute approximate surface area is 398 Å². The van der Waals surface area contributed by atoms with E-state index < -0.39 is 0 Å². The molecule has 0 heterocycles. The van der Waals surface area contributed by atoms with Crippen LogP contribution in [0.25, 0.3) is 0 Å². The fraction of sp³-hybridized carbons (Fsp3) is 0.474. The monoisotopic (exact) mass is 1400 g/mol. The van der Waals surface area contributed by atoms with Gasteiger partial charge in [-0.05, 0) is 222 Å². The van der Waals surface area contributed by atoms with Gasteiger partial charge >= 0.3 is 11.9 Å². The minimum Gasteiger partial charge on any atom is -0.495 e. The summed E-state index contributed by atoms with van der Waals surface area (Å²) >= 11 is 13.6. The van der Waals surface area contributed by atoms with Crippen molar-refractivity contribution in [2.45, 2.75) is 72.4 Å². The summed E-state index contributed by atoms with van der Waals surface area (Å²) in [7, 11) is 5.50. The van der Waals surface area contributed by atoms with Crippen LogP contribution in [0.15, 0.2) is 36.4 Å². The zero-order valence-electron chi connectivity index (χ0n) is 31.1. The molecule has 1 radical (unpaired) electrons. The minimum atomic E-state index is -0.258. The zero-order valence-corrected chi connectivity index (χ0v) is 44.0. The van der Waals surface area contributed by atoms with Crippen LogP contribution < -0.4 is 14.2 Å². The van der Waals surface area contributed by atoms with Crippen molar-refractivity contribution < 1.29 is 38.0 Å². The van der Waals surface area contributed by atoms with Crippen molar-refractivity contribution in [2.24, 2.45) is 0 Å². The van der Waals surface area contributed by atoms with Gasteiger partial charge < -0.3 is 28.4 Å². The summed E-state index contributed by atoms with van der Waals surface area (Å²) in [4.78, 5) is 24.1. The van der Waals surface area contributed by atoms with E-state index in [1.165, 1.54) is 19.0 Å². The molecule has 0 bridgehead atoms. The number of halogens is 6. The van der Waals surface area contributed by atoms with Crippen LogP contribution in [0, 0.1) is 21.4 Å². The zero-order chi connectivity index (χ0) is 39.8. The van der Waals surface area contributed by atoms with E-state index in [0.29, 0.717) is 45.3 Å². The van der Waals surface area contributed by atoms with Crippen LogP contribution >= 0.6 is 136 Å². The molecule has 8 nitrogen and oxygen atoms in total. The number of rotatable bonds is 19. The number of aryl methyl sites for hydroxylation is 2. The third-order valence-corrected chi connectivity index (χ3v) is 11.8. The summed E-state index contributed by atoms with van der Waals surface area (Å²) in [6.07, 6.45) is 4.45. The van der Waals surface area contributed by atoms with Crippen molar-refractivity contribution in [3.8, 4) is 17.2 Å². The lowest BCUT2D eigenvalue weighted by molar-refractivity contribution is -0.146. The van der Waals surface area contributed by atoms with Crippen LogP contribution in [0.4, 0.5) is 0 Å². The van der Waals surface area contributed by atoms with Gasteiger partial charge in [-0.15, -0.1) is 0 Å². The average molecular weight is 1410 g/mol. The molecule has 3 aromatic rings. The summed E-state index contributed by atoms with van der Waals surface area (Å²) in [6.45, 7) is 10.7. The topological polar surface area (TPSA) is 89.5 Å². The predicted octanol–water partition coefficient (Wildman–Crippen LogP) is 11.2. The quantitative estimate of drug-likeness (QED) is 0.0508. The van der Waals surface area contributed by atoms with E-state index in [1.54, 1.807) is 14.2 Å². The third kappa shape index (κ3) is 21.1. The Bertz CT molecular complexity index is 1490. The molecule has 3 rings (SSSR count). The smallest absolute Gasteiger partial charge is 0.306 e. The van der Waals surface area contributed by atoms with Gasteiger partial charge in [-0.2, -0.15) is 0 Å². The highest BCUT2D eigenvalue weighted by Gasteiger charge is 2.13. The molecular weight excluding hydrogens is 1360 g/mol. The minimum absolute atomic E-state index is 0.235. The molecule has 0 atom stereocenters. The number of esters is 2. The largest absolute Gasteiger partial charge is 0.495 e. The molecule has 0 amide bonds. The predicted molar refractivity (Wildman–Crippen MR) is 265 cm³/mol. The highest BCUT2D eigenvalue weighted by Crippen LogP contribution is 2.31. The van der Waals surface area contributed by atoms with Crippen molar-refractivity contribution in [2.75, 3.05) is 47.3 Å². The van der Waals surface area contributed by atoms with Gasteiger partial charge in [-0.3, -0.25) is 9.59 Å². The van der Waals surface area contributed by atoms with E-state index in [1.807, 2.05) is 38.1 Å². The Balaban J connectivity index is 0.000000609. The molecule has 0 aliphatic carbocycles. The lowest BCUT2D eigenvalue weighted by Crippen LogP contribution is -2.12. The molecule has 15 heteroatoms. The van der Waals surface area contributed by atoms with Crippen molar-refractivity contribution >= 4 is 155 Å². The standard InChI is InChI=1S/C24H26I4O6.C11H14I2O2.C3H8B/c1-3-32-24-19(27)13-16(14-20(24)28)6-8-22(30)34-10-4-9-33-21(29)7-5-15-11-17(25)23(31-2)18(26)12-15;1-3-15-11-9(12)6-8(4-5-14-2)7-10(11)13;1-3-4-2/h11-14H,3-10H2,1-2H3;6-7H,3-5H2,1-2H3;3H2,1-2H3. The molecule has 293 valence electrons. The second-order valence-corrected chi connectivity index (χ2v) is 18.1. The maximum atomic E-state index is 12.0. The van der Waals surface area contributed by atoms with Crippen molar-refractivity contribution in [3.05, 3.63) is 74.5 Å². The summed E-state index contributed by atoms with van der Waals surface area (Å²) < 4.78 is 38.6. The second kappa shape index (κ2) is 30.5.